The fourth-order valence-electron chi connectivity index (χ4n) is 1.44. The van der Waals surface area contributed by atoms with Gasteiger partial charge < -0.3 is 25.0 Å². The van der Waals surface area contributed by atoms with Crippen LogP contribution in [0.1, 0.15) is 0 Å². The molecule has 0 amide bonds. The first-order chi connectivity index (χ1) is 6.79. The van der Waals surface area contributed by atoms with Gasteiger partial charge >= 0.3 is 0 Å². The van der Waals surface area contributed by atoms with Crippen LogP contribution in [0.5, 0.6) is 0 Å². The number of rotatable bonds is 2. The van der Waals surface area contributed by atoms with Crippen molar-refractivity contribution in [2.24, 2.45) is 0 Å². The summed E-state index contributed by atoms with van der Waals surface area (Å²) in [4.78, 5) is 0. The molecule has 9 heteroatoms. The molecule has 1 heterocycles. The van der Waals surface area contributed by atoms with Crippen molar-refractivity contribution < 1.29 is 33.4 Å². The molecule has 8 nitrogen and oxygen atoms in total. The molecule has 1 aliphatic rings. The third-order valence-electron chi connectivity index (χ3n) is 2.31. The van der Waals surface area contributed by atoms with E-state index in [1.54, 1.807) is 0 Å². The summed E-state index contributed by atoms with van der Waals surface area (Å²) in [5.74, 6) is 0. The van der Waals surface area contributed by atoms with Gasteiger partial charge in [0.25, 0.3) is 0 Å². The standard InChI is InChI=1S/C6H13NO7S/c8-1-2-3(9)4(10)5(11)6(7-2)15(12,13)14/h2-11H,1H2,(H,12,13,14)/p-1. The Kier molecular flexibility index (Phi) is 3.66. The Morgan fingerprint density at radius 3 is 2.07 bits per heavy atom. The first-order valence-corrected chi connectivity index (χ1v) is 5.62. The van der Waals surface area contributed by atoms with Crippen molar-refractivity contribution in [1.29, 1.82) is 0 Å². The molecular formula is C6H12NO7S-. The highest BCUT2D eigenvalue weighted by molar-refractivity contribution is 7.86. The summed E-state index contributed by atoms with van der Waals surface area (Å²) in [7, 11) is -4.87. The van der Waals surface area contributed by atoms with Gasteiger partial charge in [-0.25, -0.2) is 8.42 Å². The Morgan fingerprint density at radius 2 is 1.67 bits per heavy atom. The van der Waals surface area contributed by atoms with Crippen molar-refractivity contribution in [3.63, 3.8) is 0 Å². The molecule has 5 N–H and O–H groups in total. The van der Waals surface area contributed by atoms with Crippen LogP contribution < -0.4 is 5.32 Å². The topological polar surface area (TPSA) is 150 Å². The normalized spacial score (nSPS) is 42.9. The zero-order chi connectivity index (χ0) is 11.8. The van der Waals surface area contributed by atoms with E-state index in [9.17, 15) is 28.3 Å². The SMILES string of the molecule is O=S(=O)([O-])C1NC(CO)C(O)C(O)C1O. The van der Waals surface area contributed by atoms with Crippen LogP contribution in [0.25, 0.3) is 0 Å². The monoisotopic (exact) mass is 242 g/mol. The molecule has 0 aromatic heterocycles. The summed E-state index contributed by atoms with van der Waals surface area (Å²) in [5, 5.41) is 36.6. The summed E-state index contributed by atoms with van der Waals surface area (Å²) in [6.45, 7) is -0.670. The highest BCUT2D eigenvalue weighted by Crippen LogP contribution is 2.18. The van der Waals surface area contributed by atoms with Crippen LogP contribution in [0.4, 0.5) is 0 Å². The van der Waals surface area contributed by atoms with E-state index in [0.717, 1.165) is 0 Å². The first-order valence-electron chi connectivity index (χ1n) is 4.15. The minimum absolute atomic E-state index is 0.670. The summed E-state index contributed by atoms with van der Waals surface area (Å²) < 4.78 is 32.0. The maximum Gasteiger partial charge on any atom is 0.128 e. The predicted octanol–water partition coefficient (Wildman–Crippen LogP) is -4.10. The predicted molar refractivity (Wildman–Crippen MR) is 45.5 cm³/mol. The molecular weight excluding hydrogens is 230 g/mol. The summed E-state index contributed by atoms with van der Waals surface area (Å²) in [6, 6.07) is -1.17. The van der Waals surface area contributed by atoms with Gasteiger partial charge in [0.2, 0.25) is 0 Å². The Bertz CT molecular complexity index is 315. The van der Waals surface area contributed by atoms with E-state index in [-0.39, 0.29) is 0 Å². The number of piperidine rings is 1. The average molecular weight is 242 g/mol. The maximum atomic E-state index is 10.7. The third-order valence-corrected chi connectivity index (χ3v) is 3.35. The molecule has 0 aromatic rings. The Balaban J connectivity index is 2.93. The lowest BCUT2D eigenvalue weighted by atomic mass is 9.96. The van der Waals surface area contributed by atoms with Gasteiger partial charge in [0.15, 0.2) is 0 Å². The molecule has 1 fully saturated rings. The van der Waals surface area contributed by atoms with Crippen molar-refractivity contribution in [3.8, 4) is 0 Å². The fourth-order valence-corrected chi connectivity index (χ4v) is 2.29. The molecule has 0 saturated carbocycles. The van der Waals surface area contributed by atoms with Crippen LogP contribution in [0, 0.1) is 0 Å². The molecule has 0 radical (unpaired) electrons. The number of hydrogen-bond donors (Lipinski definition) is 5. The Morgan fingerprint density at radius 1 is 1.13 bits per heavy atom. The molecule has 1 aliphatic heterocycles. The molecule has 90 valence electrons. The first kappa shape index (κ1) is 12.8. The van der Waals surface area contributed by atoms with Crippen molar-refractivity contribution in [3.05, 3.63) is 0 Å². The zero-order valence-electron chi connectivity index (χ0n) is 7.52. The minimum Gasteiger partial charge on any atom is -0.747 e. The van der Waals surface area contributed by atoms with Crippen molar-refractivity contribution >= 4 is 10.1 Å². The van der Waals surface area contributed by atoms with Gasteiger partial charge in [0, 0.05) is 0 Å². The molecule has 1 rings (SSSR count). The van der Waals surface area contributed by atoms with Crippen LogP contribution in [0.2, 0.25) is 0 Å². The second kappa shape index (κ2) is 4.29. The molecule has 1 saturated heterocycles. The van der Waals surface area contributed by atoms with Crippen molar-refractivity contribution in [1.82, 2.24) is 5.32 Å². The molecule has 5 atom stereocenters. The van der Waals surface area contributed by atoms with Crippen LogP contribution >= 0.6 is 0 Å². The summed E-state index contributed by atoms with van der Waals surface area (Å²) >= 11 is 0. The summed E-state index contributed by atoms with van der Waals surface area (Å²) in [5.41, 5.74) is 0. The quantitative estimate of drug-likeness (QED) is 0.307. The van der Waals surface area contributed by atoms with Crippen molar-refractivity contribution in [2.45, 2.75) is 29.7 Å². The molecule has 5 unspecified atom stereocenters. The number of aliphatic hydroxyl groups is 4. The van der Waals surface area contributed by atoms with E-state index in [1.165, 1.54) is 0 Å². The maximum absolute atomic E-state index is 10.7. The van der Waals surface area contributed by atoms with Gasteiger partial charge in [-0.1, -0.05) is 0 Å². The van der Waals surface area contributed by atoms with Crippen LogP contribution in [0.15, 0.2) is 0 Å². The van der Waals surface area contributed by atoms with E-state index >= 15 is 0 Å². The fraction of sp³-hybridized carbons (Fsp3) is 1.00. The molecule has 0 spiro atoms. The van der Waals surface area contributed by atoms with Gasteiger partial charge in [0.1, 0.15) is 33.8 Å². The van der Waals surface area contributed by atoms with E-state index in [1.807, 2.05) is 0 Å². The minimum atomic E-state index is -4.87. The van der Waals surface area contributed by atoms with Gasteiger partial charge in [-0.3, -0.25) is 5.32 Å². The lowest BCUT2D eigenvalue weighted by molar-refractivity contribution is -0.108. The number of aliphatic hydroxyl groups excluding tert-OH is 4. The molecule has 0 aliphatic carbocycles. The Hall–Kier alpha value is -0.290. The molecule has 0 bridgehead atoms. The number of hydrogen-bond acceptors (Lipinski definition) is 8. The molecule has 0 aromatic carbocycles. The average Bonchev–Trinajstić information content (AvgIpc) is 2.13. The lowest BCUT2D eigenvalue weighted by Crippen LogP contribution is -2.67. The lowest BCUT2D eigenvalue weighted by Gasteiger charge is -2.41. The van der Waals surface area contributed by atoms with Crippen molar-refractivity contribution in [2.75, 3.05) is 6.61 Å². The highest BCUT2D eigenvalue weighted by atomic mass is 32.2. The third kappa shape index (κ3) is 2.45. The Labute approximate surface area is 85.9 Å². The molecule has 15 heavy (non-hydrogen) atoms. The van der Waals surface area contributed by atoms with E-state index in [0.29, 0.717) is 0 Å². The van der Waals surface area contributed by atoms with E-state index in [2.05, 4.69) is 5.32 Å². The van der Waals surface area contributed by atoms with Gasteiger partial charge in [0.05, 0.1) is 12.6 Å². The van der Waals surface area contributed by atoms with E-state index in [4.69, 9.17) is 5.11 Å². The summed E-state index contributed by atoms with van der Waals surface area (Å²) in [6.07, 6.45) is -5.26. The number of nitrogens with one attached hydrogen (secondary N) is 1. The van der Waals surface area contributed by atoms with E-state index < -0.39 is 46.5 Å². The highest BCUT2D eigenvalue weighted by Gasteiger charge is 2.44. The van der Waals surface area contributed by atoms with Crippen LogP contribution in [0.3, 0.4) is 0 Å². The largest absolute Gasteiger partial charge is 0.747 e. The van der Waals surface area contributed by atoms with Gasteiger partial charge in [-0.2, -0.15) is 0 Å². The smallest absolute Gasteiger partial charge is 0.128 e. The van der Waals surface area contributed by atoms with Gasteiger partial charge in [-0.15, -0.1) is 0 Å². The second-order valence-electron chi connectivity index (χ2n) is 3.34. The second-order valence-corrected chi connectivity index (χ2v) is 4.83. The van der Waals surface area contributed by atoms with Gasteiger partial charge in [-0.05, 0) is 0 Å². The van der Waals surface area contributed by atoms with Crippen LogP contribution in [-0.2, 0) is 10.1 Å². The van der Waals surface area contributed by atoms with Crippen LogP contribution in [-0.4, -0.2) is 69.7 Å². The zero-order valence-corrected chi connectivity index (χ0v) is 8.33.